The van der Waals surface area contributed by atoms with Gasteiger partial charge in [0.1, 0.15) is 12.2 Å². The summed E-state index contributed by atoms with van der Waals surface area (Å²) >= 11 is 0. The van der Waals surface area contributed by atoms with Gasteiger partial charge in [0.2, 0.25) is 0 Å². The van der Waals surface area contributed by atoms with E-state index in [4.69, 9.17) is 23.7 Å². The van der Waals surface area contributed by atoms with Crippen LogP contribution in [0.5, 0.6) is 0 Å². The highest BCUT2D eigenvalue weighted by Crippen LogP contribution is 2.29. The third-order valence-corrected chi connectivity index (χ3v) is 3.79. The topological polar surface area (TPSA) is 97.4 Å². The minimum Gasteiger partial charge on any atom is -0.455 e. The van der Waals surface area contributed by atoms with Crippen molar-refractivity contribution >= 4 is 18.2 Å². The summed E-state index contributed by atoms with van der Waals surface area (Å²) < 4.78 is 27.0. The number of rotatable bonds is 7. The van der Waals surface area contributed by atoms with Crippen LogP contribution in [0.25, 0.3) is 0 Å². The molecule has 5 atom stereocenters. The molecule has 0 saturated carbocycles. The number of esters is 2. The van der Waals surface area contributed by atoms with Gasteiger partial charge < -0.3 is 28.5 Å². The van der Waals surface area contributed by atoms with E-state index in [9.17, 15) is 14.4 Å². The van der Waals surface area contributed by atoms with E-state index in [1.807, 2.05) is 30.3 Å². The van der Waals surface area contributed by atoms with Gasteiger partial charge in [-0.25, -0.2) is 0 Å². The molecule has 0 amide bonds. The van der Waals surface area contributed by atoms with Gasteiger partial charge in [-0.1, -0.05) is 30.3 Å². The van der Waals surface area contributed by atoms with Crippen molar-refractivity contribution in [1.82, 2.24) is 0 Å². The fourth-order valence-electron chi connectivity index (χ4n) is 2.73. The lowest BCUT2D eigenvalue weighted by Crippen LogP contribution is -2.61. The van der Waals surface area contributed by atoms with Crippen LogP contribution < -0.4 is 0 Å². The van der Waals surface area contributed by atoms with E-state index < -0.39 is 42.6 Å². The summed E-state index contributed by atoms with van der Waals surface area (Å²) in [4.78, 5) is 34.5. The van der Waals surface area contributed by atoms with Crippen LogP contribution >= 0.6 is 0 Å². The molecule has 8 nitrogen and oxygen atoms in total. The second-order valence-electron chi connectivity index (χ2n) is 5.75. The van der Waals surface area contributed by atoms with Gasteiger partial charge in [0.25, 0.3) is 0 Å². The zero-order chi connectivity index (χ0) is 19.1. The highest BCUT2D eigenvalue weighted by Gasteiger charge is 2.51. The minimum atomic E-state index is -1.07. The van der Waals surface area contributed by atoms with Crippen LogP contribution in [-0.4, -0.2) is 56.0 Å². The maximum Gasteiger partial charge on any atom is 0.303 e. The van der Waals surface area contributed by atoms with Gasteiger partial charge in [0.05, 0.1) is 6.61 Å². The Hall–Kier alpha value is -2.29. The van der Waals surface area contributed by atoms with E-state index in [-0.39, 0.29) is 6.61 Å². The number of benzene rings is 1. The number of methoxy groups -OCH3 is 1. The summed E-state index contributed by atoms with van der Waals surface area (Å²) in [5.41, 5.74) is 0.858. The molecule has 1 heterocycles. The molecule has 0 bridgehead atoms. The number of hydrogen-bond acceptors (Lipinski definition) is 8. The van der Waals surface area contributed by atoms with Crippen molar-refractivity contribution in [2.24, 2.45) is 0 Å². The molecule has 1 aliphatic rings. The summed E-state index contributed by atoms with van der Waals surface area (Å²) in [5, 5.41) is 0. The Morgan fingerprint density at radius 2 is 1.65 bits per heavy atom. The third-order valence-electron chi connectivity index (χ3n) is 3.79. The van der Waals surface area contributed by atoms with Gasteiger partial charge in [0, 0.05) is 21.0 Å². The smallest absolute Gasteiger partial charge is 0.303 e. The normalized spacial score (nSPS) is 28.2. The fourth-order valence-corrected chi connectivity index (χ4v) is 2.73. The second-order valence-corrected chi connectivity index (χ2v) is 5.75. The van der Waals surface area contributed by atoms with Crippen molar-refractivity contribution in [2.75, 3.05) is 7.11 Å². The second kappa shape index (κ2) is 9.42. The Morgan fingerprint density at radius 3 is 2.19 bits per heavy atom. The summed E-state index contributed by atoms with van der Waals surface area (Å²) in [6.45, 7) is 2.58. The Kier molecular flexibility index (Phi) is 7.26. The van der Waals surface area contributed by atoms with Crippen molar-refractivity contribution in [3.8, 4) is 0 Å². The molecule has 26 heavy (non-hydrogen) atoms. The Balaban J connectivity index is 2.26. The van der Waals surface area contributed by atoms with Crippen molar-refractivity contribution < 1.29 is 38.1 Å². The maximum atomic E-state index is 11.6. The highest BCUT2D eigenvalue weighted by atomic mass is 16.7. The van der Waals surface area contributed by atoms with E-state index in [1.54, 1.807) is 0 Å². The lowest BCUT2D eigenvalue weighted by molar-refractivity contribution is -0.295. The number of hydrogen-bond donors (Lipinski definition) is 0. The molecule has 0 aromatic heterocycles. The van der Waals surface area contributed by atoms with E-state index in [2.05, 4.69) is 0 Å². The molecule has 8 heteroatoms. The van der Waals surface area contributed by atoms with Gasteiger partial charge in [-0.05, 0) is 5.56 Å². The number of carbonyl (C=O) groups excluding carboxylic acids is 3. The van der Waals surface area contributed by atoms with Crippen molar-refractivity contribution in [3.63, 3.8) is 0 Å². The molecule has 0 unspecified atom stereocenters. The van der Waals surface area contributed by atoms with Crippen LogP contribution in [0.1, 0.15) is 19.4 Å². The maximum absolute atomic E-state index is 11.6. The molecule has 1 aromatic carbocycles. The Morgan fingerprint density at radius 1 is 1.04 bits per heavy atom. The number of ether oxygens (including phenoxy) is 5. The fraction of sp³-hybridized carbons (Fsp3) is 0.500. The number of carbonyl (C=O) groups is 3. The zero-order valence-corrected chi connectivity index (χ0v) is 14.8. The lowest BCUT2D eigenvalue weighted by Gasteiger charge is -2.42. The molecule has 1 aromatic rings. The van der Waals surface area contributed by atoms with Crippen LogP contribution in [0.15, 0.2) is 30.3 Å². The molecular formula is C18H22O8. The van der Waals surface area contributed by atoms with E-state index >= 15 is 0 Å². The first-order chi connectivity index (χ1) is 12.5. The highest BCUT2D eigenvalue weighted by molar-refractivity contribution is 5.68. The Labute approximate surface area is 151 Å². The molecule has 2 rings (SSSR count). The predicted molar refractivity (Wildman–Crippen MR) is 87.9 cm³/mol. The average molecular weight is 366 g/mol. The van der Waals surface area contributed by atoms with E-state index in [0.717, 1.165) is 5.56 Å². The first-order valence-corrected chi connectivity index (χ1v) is 8.09. The van der Waals surface area contributed by atoms with Crippen molar-refractivity contribution in [3.05, 3.63) is 35.9 Å². The van der Waals surface area contributed by atoms with Gasteiger partial charge in [-0.3, -0.25) is 9.59 Å². The molecular weight excluding hydrogens is 344 g/mol. The summed E-state index contributed by atoms with van der Waals surface area (Å²) in [5.74, 6) is -1.22. The van der Waals surface area contributed by atoms with E-state index in [1.165, 1.54) is 21.0 Å². The van der Waals surface area contributed by atoms with Gasteiger partial charge in [-0.2, -0.15) is 0 Å². The first-order valence-electron chi connectivity index (χ1n) is 8.09. The average Bonchev–Trinajstić information content (AvgIpc) is 2.61. The summed E-state index contributed by atoms with van der Waals surface area (Å²) in [7, 11) is 1.33. The largest absolute Gasteiger partial charge is 0.455 e. The standard InChI is InChI=1S/C18H22O8/c1-11(20)24-16-15(23-10-13-7-5-4-6-8-13)14(9-19)26-18(22-3)17(16)25-12(2)21/h4-9,14-18H,10H2,1-3H3/t14-,15-,16+,17-,18+/m1/s1. The van der Waals surface area contributed by atoms with Crippen molar-refractivity contribution in [1.29, 1.82) is 0 Å². The molecule has 0 spiro atoms. The third kappa shape index (κ3) is 5.10. The Bertz CT molecular complexity index is 617. The molecule has 1 fully saturated rings. The van der Waals surface area contributed by atoms with Crippen molar-refractivity contribution in [2.45, 2.75) is 51.2 Å². The van der Waals surface area contributed by atoms with Crippen LogP contribution in [0, 0.1) is 0 Å². The molecule has 0 aliphatic carbocycles. The number of aldehydes is 1. The molecule has 1 aliphatic heterocycles. The first kappa shape index (κ1) is 20.0. The minimum absolute atomic E-state index is 0.154. The van der Waals surface area contributed by atoms with E-state index in [0.29, 0.717) is 6.29 Å². The van der Waals surface area contributed by atoms with Gasteiger partial charge in [0.15, 0.2) is 24.8 Å². The van der Waals surface area contributed by atoms with Crippen LogP contribution in [0.2, 0.25) is 0 Å². The van der Waals surface area contributed by atoms with Crippen LogP contribution in [0.4, 0.5) is 0 Å². The van der Waals surface area contributed by atoms with Crippen LogP contribution in [-0.2, 0) is 44.7 Å². The molecule has 1 saturated heterocycles. The summed E-state index contributed by atoms with van der Waals surface area (Å²) in [6.07, 6.45) is -4.68. The van der Waals surface area contributed by atoms with Crippen LogP contribution in [0.3, 0.4) is 0 Å². The predicted octanol–water partition coefficient (Wildman–Crippen LogP) is 1.01. The SMILES string of the molecule is CO[C@H]1O[C@H](C=O)[C@@H](OCc2ccccc2)[C@H](OC(C)=O)[C@H]1OC(C)=O. The summed E-state index contributed by atoms with van der Waals surface area (Å²) in [6, 6.07) is 9.26. The quantitative estimate of drug-likeness (QED) is 0.521. The molecule has 142 valence electrons. The van der Waals surface area contributed by atoms with Gasteiger partial charge >= 0.3 is 11.9 Å². The lowest BCUT2D eigenvalue weighted by atomic mass is 9.98. The van der Waals surface area contributed by atoms with Gasteiger partial charge in [-0.15, -0.1) is 0 Å². The monoisotopic (exact) mass is 366 g/mol. The zero-order valence-electron chi connectivity index (χ0n) is 14.8. The molecule has 0 N–H and O–H groups in total. The molecule has 0 radical (unpaired) electrons.